The highest BCUT2D eigenvalue weighted by atomic mass is 16.5. The van der Waals surface area contributed by atoms with Crippen molar-refractivity contribution < 1.29 is 9.53 Å². The molecule has 1 N–H and O–H groups in total. The number of rotatable bonds is 4. The Balaban J connectivity index is 2.21. The highest BCUT2D eigenvalue weighted by Gasteiger charge is 2.07. The van der Waals surface area contributed by atoms with Crippen molar-refractivity contribution in [2.45, 2.75) is 13.8 Å². The number of nitrogens with zero attached hydrogens (tertiary/aromatic N) is 1. The number of aryl methyl sites for hydroxylation is 1. The molecule has 0 fully saturated rings. The van der Waals surface area contributed by atoms with Gasteiger partial charge in [0.25, 0.3) is 0 Å². The predicted molar refractivity (Wildman–Crippen MR) is 80.0 cm³/mol. The third-order valence-electron chi connectivity index (χ3n) is 2.69. The van der Waals surface area contributed by atoms with Crippen molar-refractivity contribution in [2.75, 3.05) is 11.9 Å². The number of anilines is 2. The van der Waals surface area contributed by atoms with Crippen LogP contribution in [0.2, 0.25) is 0 Å². The second-order valence-corrected chi connectivity index (χ2v) is 4.38. The average molecular weight is 266 g/mol. The topological polar surface area (TPSA) is 51.2 Å². The van der Waals surface area contributed by atoms with Gasteiger partial charge in [0.05, 0.1) is 12.2 Å². The van der Waals surface area contributed by atoms with Crippen molar-refractivity contribution >= 4 is 30.8 Å². The lowest BCUT2D eigenvalue weighted by molar-refractivity contribution is 0.0526. The number of aromatic nitrogens is 1. The number of ether oxygens (including phenoxy) is 1. The van der Waals surface area contributed by atoms with E-state index < -0.39 is 0 Å². The van der Waals surface area contributed by atoms with E-state index in [1.54, 1.807) is 31.3 Å². The molecule has 0 spiro atoms. The number of esters is 1. The summed E-state index contributed by atoms with van der Waals surface area (Å²) in [6.07, 6.45) is 1.73. The number of benzene rings is 1. The largest absolute Gasteiger partial charge is 0.462 e. The second-order valence-electron chi connectivity index (χ2n) is 4.38. The lowest BCUT2D eigenvalue weighted by Crippen LogP contribution is -2.12. The molecule has 5 heteroatoms. The minimum absolute atomic E-state index is 0.346. The molecule has 0 aliphatic heterocycles. The second kappa shape index (κ2) is 6.24. The molecule has 0 atom stereocenters. The molecule has 0 bridgehead atoms. The summed E-state index contributed by atoms with van der Waals surface area (Å²) < 4.78 is 4.97. The Hall–Kier alpha value is -2.30. The third kappa shape index (κ3) is 3.38. The van der Waals surface area contributed by atoms with Gasteiger partial charge in [0.15, 0.2) is 0 Å². The monoisotopic (exact) mass is 266 g/mol. The van der Waals surface area contributed by atoms with E-state index in [1.165, 1.54) is 0 Å². The standard InChI is InChI=1S/C15H15BN2O2/c1-3-20-15(19)11-5-4-6-12(8-11)18-14-13(16)7-10(2)9-17-14/h4-9H,3H2,1-2H3,(H,17,18). The van der Waals surface area contributed by atoms with Gasteiger partial charge in [-0.15, -0.1) is 0 Å². The van der Waals surface area contributed by atoms with Gasteiger partial charge in [-0.05, 0) is 37.6 Å². The molecule has 20 heavy (non-hydrogen) atoms. The summed E-state index contributed by atoms with van der Waals surface area (Å²) in [5.41, 5.74) is 2.78. The molecule has 0 aliphatic rings. The summed E-state index contributed by atoms with van der Waals surface area (Å²) in [6, 6.07) is 8.86. The van der Waals surface area contributed by atoms with E-state index in [9.17, 15) is 4.79 Å². The molecular formula is C15H15BN2O2. The van der Waals surface area contributed by atoms with E-state index in [2.05, 4.69) is 10.3 Å². The van der Waals surface area contributed by atoms with Gasteiger partial charge in [-0.25, -0.2) is 9.78 Å². The van der Waals surface area contributed by atoms with E-state index in [4.69, 9.17) is 12.6 Å². The first-order chi connectivity index (χ1) is 9.60. The van der Waals surface area contributed by atoms with Crippen molar-refractivity contribution in [3.8, 4) is 0 Å². The molecular weight excluding hydrogens is 251 g/mol. The molecule has 2 rings (SSSR count). The third-order valence-corrected chi connectivity index (χ3v) is 2.69. The van der Waals surface area contributed by atoms with E-state index in [-0.39, 0.29) is 5.97 Å². The van der Waals surface area contributed by atoms with Crippen LogP contribution >= 0.6 is 0 Å². The minimum atomic E-state index is -0.346. The lowest BCUT2D eigenvalue weighted by Gasteiger charge is -2.10. The first-order valence-corrected chi connectivity index (χ1v) is 6.36. The molecule has 1 aromatic heterocycles. The van der Waals surface area contributed by atoms with Crippen molar-refractivity contribution in [1.82, 2.24) is 4.98 Å². The van der Waals surface area contributed by atoms with Gasteiger partial charge in [-0.3, -0.25) is 0 Å². The Labute approximate surface area is 119 Å². The van der Waals surface area contributed by atoms with Crippen LogP contribution in [0.4, 0.5) is 11.5 Å². The van der Waals surface area contributed by atoms with Crippen LogP contribution < -0.4 is 10.8 Å². The highest BCUT2D eigenvalue weighted by Crippen LogP contribution is 2.15. The van der Waals surface area contributed by atoms with E-state index in [0.717, 1.165) is 11.3 Å². The normalized spacial score (nSPS) is 10.1. The molecule has 0 amide bonds. The smallest absolute Gasteiger partial charge is 0.338 e. The number of hydrogen-bond acceptors (Lipinski definition) is 4. The molecule has 0 unspecified atom stereocenters. The molecule has 2 aromatic rings. The quantitative estimate of drug-likeness (QED) is 0.680. The fourth-order valence-electron chi connectivity index (χ4n) is 1.77. The minimum Gasteiger partial charge on any atom is -0.462 e. The Kier molecular flexibility index (Phi) is 4.40. The zero-order valence-corrected chi connectivity index (χ0v) is 11.5. The van der Waals surface area contributed by atoms with Crippen LogP contribution in [-0.2, 0) is 4.74 Å². The van der Waals surface area contributed by atoms with E-state index in [0.29, 0.717) is 23.5 Å². The zero-order chi connectivity index (χ0) is 14.5. The molecule has 0 saturated heterocycles. The van der Waals surface area contributed by atoms with Crippen molar-refractivity contribution in [3.63, 3.8) is 0 Å². The summed E-state index contributed by atoms with van der Waals surface area (Å²) in [4.78, 5) is 15.9. The summed E-state index contributed by atoms with van der Waals surface area (Å²) in [5.74, 6) is 0.220. The maximum absolute atomic E-state index is 11.7. The molecule has 1 aromatic carbocycles. The Morgan fingerprint density at radius 3 is 2.90 bits per heavy atom. The SMILES string of the molecule is [B]c1cc(C)cnc1Nc1cccc(C(=O)OCC)c1. The Bertz CT molecular complexity index is 629. The number of carbonyl (C=O) groups excluding carboxylic acids is 1. The first kappa shape index (κ1) is 14.1. The number of carbonyl (C=O) groups is 1. The van der Waals surface area contributed by atoms with Gasteiger partial charge in [-0.1, -0.05) is 17.6 Å². The molecule has 0 saturated carbocycles. The molecule has 0 aliphatic carbocycles. The molecule has 1 heterocycles. The number of hydrogen-bond donors (Lipinski definition) is 1. The van der Waals surface area contributed by atoms with E-state index >= 15 is 0 Å². The van der Waals surface area contributed by atoms with Crippen LogP contribution in [0.25, 0.3) is 0 Å². The predicted octanol–water partition coefficient (Wildman–Crippen LogP) is 2.10. The van der Waals surface area contributed by atoms with Crippen molar-refractivity contribution in [3.05, 3.63) is 47.7 Å². The van der Waals surface area contributed by atoms with Crippen molar-refractivity contribution in [1.29, 1.82) is 0 Å². The molecule has 100 valence electrons. The summed E-state index contributed by atoms with van der Waals surface area (Å²) in [5, 5.41) is 3.09. The fraction of sp³-hybridized carbons (Fsp3) is 0.200. The highest BCUT2D eigenvalue weighted by molar-refractivity contribution is 6.35. The number of pyridine rings is 1. The van der Waals surface area contributed by atoms with Gasteiger partial charge in [0, 0.05) is 11.9 Å². The van der Waals surface area contributed by atoms with Crippen LogP contribution in [-0.4, -0.2) is 25.4 Å². The maximum Gasteiger partial charge on any atom is 0.338 e. The molecule has 2 radical (unpaired) electrons. The van der Waals surface area contributed by atoms with E-state index in [1.807, 2.05) is 19.1 Å². The van der Waals surface area contributed by atoms with Crippen LogP contribution in [0.3, 0.4) is 0 Å². The Morgan fingerprint density at radius 1 is 1.40 bits per heavy atom. The fourth-order valence-corrected chi connectivity index (χ4v) is 1.77. The van der Waals surface area contributed by atoms with Gasteiger partial charge in [0.2, 0.25) is 0 Å². The average Bonchev–Trinajstić information content (AvgIpc) is 2.43. The van der Waals surface area contributed by atoms with Crippen LogP contribution in [0.1, 0.15) is 22.8 Å². The van der Waals surface area contributed by atoms with Crippen LogP contribution in [0.15, 0.2) is 36.5 Å². The number of nitrogens with one attached hydrogen (secondary N) is 1. The van der Waals surface area contributed by atoms with Crippen molar-refractivity contribution in [2.24, 2.45) is 0 Å². The van der Waals surface area contributed by atoms with Gasteiger partial charge in [0.1, 0.15) is 13.7 Å². The summed E-state index contributed by atoms with van der Waals surface area (Å²) >= 11 is 0. The van der Waals surface area contributed by atoms with Gasteiger partial charge >= 0.3 is 5.97 Å². The first-order valence-electron chi connectivity index (χ1n) is 6.36. The van der Waals surface area contributed by atoms with Crippen LogP contribution in [0.5, 0.6) is 0 Å². The molecule has 4 nitrogen and oxygen atoms in total. The zero-order valence-electron chi connectivity index (χ0n) is 11.5. The van der Waals surface area contributed by atoms with Gasteiger partial charge in [-0.2, -0.15) is 0 Å². The van der Waals surface area contributed by atoms with Gasteiger partial charge < -0.3 is 10.1 Å². The lowest BCUT2D eigenvalue weighted by atomic mass is 9.95. The maximum atomic E-state index is 11.7. The summed E-state index contributed by atoms with van der Waals surface area (Å²) in [7, 11) is 5.90. The van der Waals surface area contributed by atoms with Crippen LogP contribution in [0, 0.1) is 6.92 Å². The Morgan fingerprint density at radius 2 is 2.20 bits per heavy atom. The summed E-state index contributed by atoms with van der Waals surface area (Å²) in [6.45, 7) is 4.05.